The average Bonchev–Trinajstić information content (AvgIpc) is 3.40. The highest BCUT2D eigenvalue weighted by molar-refractivity contribution is 5.87. The number of carbonyl (C=O) groups excluding carboxylic acids is 1. The largest absolute Gasteiger partial charge is 0.504 e. The molecule has 11 atom stereocenters. The maximum Gasteiger partial charge on any atom is 0.331 e. The number of rotatable bonds is 6. The molecule has 0 heterocycles. The topological polar surface area (TPSA) is 107 Å². The van der Waals surface area contributed by atoms with Crippen LogP contribution in [-0.2, 0) is 9.53 Å². The Bertz CT molecular complexity index is 1370. The fourth-order valence-corrected chi connectivity index (χ4v) is 12.7. The molecule has 0 amide bonds. The lowest BCUT2D eigenvalue weighted by Gasteiger charge is -2.73. The lowest BCUT2D eigenvalue weighted by atomic mass is 9.32. The van der Waals surface area contributed by atoms with Gasteiger partial charge in [0.1, 0.15) is 6.10 Å². The summed E-state index contributed by atoms with van der Waals surface area (Å²) >= 11 is 0. The van der Waals surface area contributed by atoms with Gasteiger partial charge in [-0.1, -0.05) is 45.9 Å². The Kier molecular flexibility index (Phi) is 8.08. The fourth-order valence-electron chi connectivity index (χ4n) is 12.7. The van der Waals surface area contributed by atoms with Crippen LogP contribution in [0.4, 0.5) is 0 Å². The second-order valence-electron chi connectivity index (χ2n) is 16.9. The summed E-state index contributed by atoms with van der Waals surface area (Å²) in [5.41, 5.74) is 1.79. The molecule has 0 radical (unpaired) electrons. The smallest absolute Gasteiger partial charge is 0.331 e. The molecule has 5 aliphatic rings. The highest BCUT2D eigenvalue weighted by Gasteiger charge is 2.71. The van der Waals surface area contributed by atoms with E-state index in [-0.39, 0.29) is 51.8 Å². The Balaban J connectivity index is 1.25. The molecule has 0 spiro atoms. The zero-order valence-electron chi connectivity index (χ0n) is 28.1. The molecule has 1 aromatic carbocycles. The van der Waals surface area contributed by atoms with Gasteiger partial charge in [0.15, 0.2) is 11.5 Å². The first-order chi connectivity index (χ1) is 21.2. The van der Waals surface area contributed by atoms with E-state index in [2.05, 4.69) is 41.2 Å². The molecule has 5 saturated carbocycles. The third-order valence-corrected chi connectivity index (χ3v) is 15.3. The van der Waals surface area contributed by atoms with Crippen molar-refractivity contribution in [1.82, 2.24) is 0 Å². The number of fused-ring (bicyclic) bond motifs is 7. The molecular weight excluding hydrogens is 564 g/mol. The van der Waals surface area contributed by atoms with Crippen LogP contribution in [-0.4, -0.2) is 45.7 Å². The van der Waals surface area contributed by atoms with Crippen LogP contribution in [0.3, 0.4) is 0 Å². The van der Waals surface area contributed by atoms with Crippen LogP contribution in [0.2, 0.25) is 0 Å². The second kappa shape index (κ2) is 11.1. The van der Waals surface area contributed by atoms with Crippen molar-refractivity contribution in [3.8, 4) is 11.5 Å². The van der Waals surface area contributed by atoms with E-state index in [0.717, 1.165) is 44.9 Å². The van der Waals surface area contributed by atoms with Gasteiger partial charge in [0.05, 0.1) is 6.61 Å². The van der Waals surface area contributed by atoms with Crippen molar-refractivity contribution in [2.45, 2.75) is 105 Å². The number of hydrogen-bond donors (Lipinski definition) is 4. The minimum atomic E-state index is -0.540. The average molecular weight is 621 g/mol. The zero-order valence-corrected chi connectivity index (χ0v) is 28.1. The Hall–Kier alpha value is -2.31. The quantitative estimate of drug-likeness (QED) is 0.113. The highest BCUT2D eigenvalue weighted by Crippen LogP contribution is 2.77. The molecule has 248 valence electrons. The van der Waals surface area contributed by atoms with Gasteiger partial charge in [-0.3, -0.25) is 0 Å². The summed E-state index contributed by atoms with van der Waals surface area (Å²) in [5.74, 6) is 1.48. The van der Waals surface area contributed by atoms with Gasteiger partial charge in [0.2, 0.25) is 0 Å². The summed E-state index contributed by atoms with van der Waals surface area (Å²) in [6, 6.07) is 4.41. The van der Waals surface area contributed by atoms with Gasteiger partial charge in [-0.15, -0.1) is 0 Å². The summed E-state index contributed by atoms with van der Waals surface area (Å²) in [5, 5.41) is 41.2. The Morgan fingerprint density at radius 3 is 2.31 bits per heavy atom. The van der Waals surface area contributed by atoms with Crippen LogP contribution in [0.5, 0.6) is 11.5 Å². The second-order valence-corrected chi connectivity index (χ2v) is 16.9. The first-order valence-corrected chi connectivity index (χ1v) is 17.5. The third kappa shape index (κ3) is 4.66. The number of carbonyl (C=O) groups is 1. The van der Waals surface area contributed by atoms with Crippen LogP contribution >= 0.6 is 0 Å². The minimum Gasteiger partial charge on any atom is -0.504 e. The Morgan fingerprint density at radius 1 is 0.889 bits per heavy atom. The molecule has 6 heteroatoms. The molecule has 1 aromatic rings. The van der Waals surface area contributed by atoms with E-state index in [9.17, 15) is 25.2 Å². The monoisotopic (exact) mass is 620 g/mol. The van der Waals surface area contributed by atoms with E-state index < -0.39 is 11.4 Å². The van der Waals surface area contributed by atoms with Crippen LogP contribution in [0, 0.1) is 56.7 Å². The number of ether oxygens (including phenoxy) is 1. The predicted octanol–water partition coefficient (Wildman–Crippen LogP) is 7.65. The van der Waals surface area contributed by atoms with Crippen molar-refractivity contribution < 1.29 is 30.0 Å². The maximum atomic E-state index is 13.0. The number of aliphatic hydroxyl groups is 2. The molecule has 6 nitrogen and oxygen atoms in total. The molecule has 6 rings (SSSR count). The summed E-state index contributed by atoms with van der Waals surface area (Å²) in [4.78, 5) is 13.0. The van der Waals surface area contributed by atoms with Gasteiger partial charge >= 0.3 is 5.97 Å². The van der Waals surface area contributed by atoms with E-state index >= 15 is 0 Å². The zero-order chi connectivity index (χ0) is 32.6. The molecule has 0 unspecified atom stereocenters. The van der Waals surface area contributed by atoms with Gasteiger partial charge in [-0.2, -0.15) is 0 Å². The standard InChI is InChI=1S/C39H56O6/c1-24(2)26-13-18-39(23-41)20-19-37(5)27(34(26)39)9-11-31-35(3)16-15-32(36(4,22-40)30(35)14-17-38(31,37)6)45-33(44)12-8-25-7-10-28(42)29(43)21-25/h7-8,10,12,21,26-27,30-32,34,40-43H,1,9,11,13-20,22-23H2,2-6H3/t26-,27+,30+,31+,32-,34+,35-,36-,37+,38+,39+/m0/s1. The van der Waals surface area contributed by atoms with E-state index in [1.165, 1.54) is 43.0 Å². The molecular formula is C39H56O6. The van der Waals surface area contributed by atoms with Crippen LogP contribution in [0.1, 0.15) is 104 Å². The Morgan fingerprint density at radius 2 is 1.64 bits per heavy atom. The Labute approximate surface area is 270 Å². The number of esters is 1. The van der Waals surface area contributed by atoms with E-state index in [4.69, 9.17) is 4.74 Å². The number of aliphatic hydroxyl groups excluding tert-OH is 2. The SMILES string of the molecule is C=C(C)[C@@H]1CC[C@]2(CO)CC[C@]3(C)[C@H](CC[C@@H]4[C@@]5(C)CC[C@H](OC(=O)C=Cc6ccc(O)c(O)c6)[C@@](C)(CO)[C@@H]5CC[C@]43C)[C@@H]12. The van der Waals surface area contributed by atoms with Crippen molar-refractivity contribution in [3.63, 3.8) is 0 Å². The van der Waals surface area contributed by atoms with Crippen LogP contribution in [0.25, 0.3) is 6.08 Å². The normalized spacial score (nSPS) is 45.7. The highest BCUT2D eigenvalue weighted by atomic mass is 16.5. The summed E-state index contributed by atoms with van der Waals surface area (Å²) in [7, 11) is 0. The predicted molar refractivity (Wildman–Crippen MR) is 176 cm³/mol. The van der Waals surface area contributed by atoms with Gasteiger partial charge in [0.25, 0.3) is 0 Å². The lowest BCUT2D eigenvalue weighted by Crippen LogP contribution is -2.67. The number of benzene rings is 1. The molecule has 0 aliphatic heterocycles. The summed E-state index contributed by atoms with van der Waals surface area (Å²) < 4.78 is 6.11. The molecule has 0 aromatic heterocycles. The van der Waals surface area contributed by atoms with Crippen LogP contribution < -0.4 is 0 Å². The molecule has 0 saturated heterocycles. The maximum absolute atomic E-state index is 13.0. The van der Waals surface area contributed by atoms with Crippen LogP contribution in [0.15, 0.2) is 36.4 Å². The van der Waals surface area contributed by atoms with E-state index in [1.807, 2.05) is 0 Å². The number of allylic oxidation sites excluding steroid dienone is 1. The minimum absolute atomic E-state index is 0.0224. The first kappa shape index (κ1) is 32.6. The lowest BCUT2D eigenvalue weighted by molar-refractivity contribution is -0.257. The summed E-state index contributed by atoms with van der Waals surface area (Å²) in [6.07, 6.45) is 13.3. The van der Waals surface area contributed by atoms with Crippen molar-refractivity contribution in [3.05, 3.63) is 42.0 Å². The van der Waals surface area contributed by atoms with Crippen molar-refractivity contribution >= 4 is 12.0 Å². The first-order valence-electron chi connectivity index (χ1n) is 17.5. The van der Waals surface area contributed by atoms with E-state index in [0.29, 0.717) is 35.8 Å². The van der Waals surface area contributed by atoms with Gasteiger partial charge in [0, 0.05) is 18.1 Å². The molecule has 5 fully saturated rings. The van der Waals surface area contributed by atoms with Gasteiger partial charge in [-0.25, -0.2) is 4.79 Å². The number of aromatic hydroxyl groups is 2. The van der Waals surface area contributed by atoms with Crippen molar-refractivity contribution in [2.24, 2.45) is 56.7 Å². The molecule has 45 heavy (non-hydrogen) atoms. The molecule has 0 bridgehead atoms. The molecule has 5 aliphatic carbocycles. The third-order valence-electron chi connectivity index (χ3n) is 15.3. The van der Waals surface area contributed by atoms with Gasteiger partial charge in [-0.05, 0) is 146 Å². The summed E-state index contributed by atoms with van der Waals surface area (Å²) in [6.45, 7) is 16.7. The number of phenols is 2. The van der Waals surface area contributed by atoms with Crippen molar-refractivity contribution in [1.29, 1.82) is 0 Å². The van der Waals surface area contributed by atoms with Gasteiger partial charge < -0.3 is 25.2 Å². The fraction of sp³-hybridized carbons (Fsp3) is 0.718. The van der Waals surface area contributed by atoms with Crippen molar-refractivity contribution in [2.75, 3.05) is 13.2 Å². The van der Waals surface area contributed by atoms with E-state index in [1.54, 1.807) is 12.1 Å². The number of hydrogen-bond acceptors (Lipinski definition) is 6. The number of phenolic OH excluding ortho intramolecular Hbond substituents is 2. The molecule has 4 N–H and O–H groups in total.